The van der Waals surface area contributed by atoms with Crippen LogP contribution in [0.25, 0.3) is 0 Å². The minimum absolute atomic E-state index is 0. The van der Waals surface area contributed by atoms with Gasteiger partial charge in [0.2, 0.25) is 11.8 Å². The largest absolute Gasteiger partial charge is 1.00 e. The first-order valence-corrected chi connectivity index (χ1v) is 6.58. The predicted octanol–water partition coefficient (Wildman–Crippen LogP) is -0.873. The van der Waals surface area contributed by atoms with Crippen LogP contribution in [0.1, 0.15) is 24.2 Å². The van der Waals surface area contributed by atoms with Crippen LogP contribution >= 0.6 is 0 Å². The van der Waals surface area contributed by atoms with Crippen LogP contribution in [0, 0.1) is 6.20 Å². The van der Waals surface area contributed by atoms with Crippen molar-refractivity contribution in [1.29, 1.82) is 0 Å². The van der Waals surface area contributed by atoms with E-state index in [0.717, 1.165) is 11.1 Å². The van der Waals surface area contributed by atoms with Crippen LogP contribution in [0.3, 0.4) is 0 Å². The van der Waals surface area contributed by atoms with Crippen molar-refractivity contribution in [2.45, 2.75) is 19.4 Å². The monoisotopic (exact) mass is 345 g/mol. The van der Waals surface area contributed by atoms with E-state index in [1.165, 1.54) is 0 Å². The van der Waals surface area contributed by atoms with Crippen LogP contribution in [0.15, 0.2) is 52.7 Å². The van der Waals surface area contributed by atoms with E-state index in [1.54, 1.807) is 5.01 Å². The van der Waals surface area contributed by atoms with Gasteiger partial charge in [-0.2, -0.15) is 5.01 Å². The fourth-order valence-electron chi connectivity index (χ4n) is 2.28. The number of Topliss-reactive ketones (excluding diaryl/α,β-unsaturated/α-hetero) is 1. The topological polar surface area (TPSA) is 44.7 Å². The Kier molecular flexibility index (Phi) is 4.26. The molecule has 3 rings (SSSR count). The van der Waals surface area contributed by atoms with Crippen molar-refractivity contribution >= 4 is 12.0 Å². The SMILES string of the molecule is CC1(C)N=CC2=CNN(CC(=O)c3ccccc3)[C+]=C21.[Br-]. The minimum atomic E-state index is -0.276. The zero-order valence-corrected chi connectivity index (χ0v) is 13.5. The van der Waals surface area contributed by atoms with Crippen molar-refractivity contribution in [3.8, 4) is 0 Å². The molecule has 5 heteroatoms. The second-order valence-electron chi connectivity index (χ2n) is 5.41. The molecule has 1 aromatic rings. The summed E-state index contributed by atoms with van der Waals surface area (Å²) in [6.07, 6.45) is 6.93. The molecule has 0 unspecified atom stereocenters. The van der Waals surface area contributed by atoms with Gasteiger partial charge in [0.25, 0.3) is 0 Å². The Labute approximate surface area is 135 Å². The zero-order valence-electron chi connectivity index (χ0n) is 11.9. The van der Waals surface area contributed by atoms with E-state index in [2.05, 4.69) is 16.6 Å². The third kappa shape index (κ3) is 3.04. The average Bonchev–Trinajstić information content (AvgIpc) is 2.75. The maximum absolute atomic E-state index is 12.2. The lowest BCUT2D eigenvalue weighted by Gasteiger charge is -2.18. The first-order chi connectivity index (χ1) is 9.56. The predicted molar refractivity (Wildman–Crippen MR) is 78.0 cm³/mol. The summed E-state index contributed by atoms with van der Waals surface area (Å²) in [4.78, 5) is 16.6. The highest BCUT2D eigenvalue weighted by Crippen LogP contribution is 2.32. The van der Waals surface area contributed by atoms with Gasteiger partial charge in [0, 0.05) is 5.56 Å². The second-order valence-corrected chi connectivity index (χ2v) is 5.41. The molecule has 0 saturated carbocycles. The fraction of sp³-hybridized carbons (Fsp3) is 0.250. The van der Waals surface area contributed by atoms with E-state index in [0.29, 0.717) is 5.56 Å². The molecule has 0 amide bonds. The lowest BCUT2D eigenvalue weighted by molar-refractivity contribution is -0.0000126. The maximum Gasteiger partial charge on any atom is 0.232 e. The molecular weight excluding hydrogens is 330 g/mol. The Hall–Kier alpha value is -1.97. The number of carbonyl (C=O) groups excluding carboxylic acids is 1. The Morgan fingerprint density at radius 3 is 2.76 bits per heavy atom. The van der Waals surface area contributed by atoms with Gasteiger partial charge in [-0.15, -0.1) is 0 Å². The Bertz CT molecular complexity index is 632. The number of hydrogen-bond donors (Lipinski definition) is 1. The molecule has 0 aromatic heterocycles. The number of nitrogens with one attached hydrogen (secondary N) is 1. The molecule has 21 heavy (non-hydrogen) atoms. The molecule has 1 N–H and O–H groups in total. The van der Waals surface area contributed by atoms with Crippen LogP contribution in [0.4, 0.5) is 0 Å². The van der Waals surface area contributed by atoms with Crippen LogP contribution < -0.4 is 22.4 Å². The number of benzene rings is 1. The molecule has 0 atom stereocenters. The molecule has 108 valence electrons. The molecule has 4 nitrogen and oxygen atoms in total. The van der Waals surface area contributed by atoms with Gasteiger partial charge < -0.3 is 17.0 Å². The first-order valence-electron chi connectivity index (χ1n) is 6.58. The van der Waals surface area contributed by atoms with Gasteiger partial charge in [-0.25, -0.2) is 0 Å². The summed E-state index contributed by atoms with van der Waals surface area (Å²) in [5.41, 5.74) is 5.52. The van der Waals surface area contributed by atoms with Gasteiger partial charge in [0.1, 0.15) is 24.5 Å². The minimum Gasteiger partial charge on any atom is -1.00 e. The number of fused-ring (bicyclic) bond motifs is 1. The lowest BCUT2D eigenvalue weighted by atomic mass is 9.93. The molecule has 0 fully saturated rings. The quantitative estimate of drug-likeness (QED) is 0.572. The molecule has 0 radical (unpaired) electrons. The summed E-state index contributed by atoms with van der Waals surface area (Å²) in [5, 5.41) is 1.69. The highest BCUT2D eigenvalue weighted by molar-refractivity contribution is 5.97. The average molecular weight is 346 g/mol. The number of halogens is 1. The number of carbonyl (C=O) groups is 1. The van der Waals surface area contributed by atoms with E-state index in [9.17, 15) is 4.79 Å². The fourth-order valence-corrected chi connectivity index (χ4v) is 2.28. The molecule has 2 aliphatic rings. The molecule has 0 bridgehead atoms. The van der Waals surface area contributed by atoms with Gasteiger partial charge in [-0.1, -0.05) is 30.3 Å². The van der Waals surface area contributed by atoms with E-state index < -0.39 is 0 Å². The Morgan fingerprint density at radius 1 is 1.33 bits per heavy atom. The Morgan fingerprint density at radius 2 is 2.05 bits per heavy atom. The smallest absolute Gasteiger partial charge is 0.232 e. The molecule has 2 aliphatic heterocycles. The third-order valence-corrected chi connectivity index (χ3v) is 3.45. The maximum atomic E-state index is 12.2. The van der Waals surface area contributed by atoms with Gasteiger partial charge in [-0.3, -0.25) is 15.2 Å². The molecular formula is C16H16BrN3O. The van der Waals surface area contributed by atoms with E-state index in [-0.39, 0.29) is 34.8 Å². The second kappa shape index (κ2) is 5.80. The number of aliphatic imine (C=N–C) groups is 1. The van der Waals surface area contributed by atoms with E-state index >= 15 is 0 Å². The van der Waals surface area contributed by atoms with Crippen molar-refractivity contribution < 1.29 is 21.8 Å². The number of ketones is 1. The van der Waals surface area contributed by atoms with Crippen LogP contribution in [-0.2, 0) is 0 Å². The van der Waals surface area contributed by atoms with Crippen molar-refractivity contribution in [3.05, 3.63) is 59.4 Å². The summed E-state index contributed by atoms with van der Waals surface area (Å²) in [5.74, 6) is 0.0553. The number of nitrogens with zero attached hydrogens (tertiary/aromatic N) is 2. The zero-order chi connectivity index (χ0) is 14.2. The molecule has 0 aliphatic carbocycles. The standard InChI is InChI=1S/C16H16N3O.BrH/c1-16(2)14-10-19(18-9-13(14)8-17-16)11-15(20)12-6-4-3-5-7-12;/h3-9,18H,11H2,1-2H3;1H/q+1;/p-1. The summed E-state index contributed by atoms with van der Waals surface area (Å²) >= 11 is 0. The highest BCUT2D eigenvalue weighted by atomic mass is 79.9. The summed E-state index contributed by atoms with van der Waals surface area (Å²) in [6.45, 7) is 4.32. The first kappa shape index (κ1) is 15.4. The van der Waals surface area contributed by atoms with E-state index in [1.807, 2.05) is 56.6 Å². The highest BCUT2D eigenvalue weighted by Gasteiger charge is 2.42. The number of hydrazine groups is 1. The summed E-state index contributed by atoms with van der Waals surface area (Å²) in [7, 11) is 0. The van der Waals surface area contributed by atoms with Crippen molar-refractivity contribution in [2.75, 3.05) is 6.54 Å². The molecule has 0 saturated heterocycles. The lowest BCUT2D eigenvalue weighted by Crippen LogP contribution is -3.00. The molecule has 0 spiro atoms. The molecule has 1 aromatic carbocycles. The van der Waals surface area contributed by atoms with Crippen LogP contribution in [0.2, 0.25) is 0 Å². The van der Waals surface area contributed by atoms with Gasteiger partial charge in [0.05, 0.1) is 0 Å². The van der Waals surface area contributed by atoms with E-state index in [4.69, 9.17) is 0 Å². The Balaban J connectivity index is 0.00000161. The summed E-state index contributed by atoms with van der Waals surface area (Å²) < 4.78 is 0. The van der Waals surface area contributed by atoms with Gasteiger partial charge in [0.15, 0.2) is 11.4 Å². The van der Waals surface area contributed by atoms with Crippen LogP contribution in [-0.4, -0.2) is 29.1 Å². The van der Waals surface area contributed by atoms with Gasteiger partial charge in [-0.05, 0) is 13.8 Å². The van der Waals surface area contributed by atoms with Crippen molar-refractivity contribution in [3.63, 3.8) is 0 Å². The normalized spacial score (nSPS) is 17.7. The van der Waals surface area contributed by atoms with Crippen LogP contribution in [0.5, 0.6) is 0 Å². The third-order valence-electron chi connectivity index (χ3n) is 3.45. The molecule has 2 heterocycles. The number of rotatable bonds is 3. The van der Waals surface area contributed by atoms with Gasteiger partial charge >= 0.3 is 0 Å². The van der Waals surface area contributed by atoms with Crippen molar-refractivity contribution in [2.24, 2.45) is 4.99 Å². The van der Waals surface area contributed by atoms with Crippen molar-refractivity contribution in [1.82, 2.24) is 10.4 Å². The summed E-state index contributed by atoms with van der Waals surface area (Å²) in [6, 6.07) is 9.28. The number of hydrogen-bond acceptors (Lipinski definition) is 4.